The molecule has 6 nitrogen and oxygen atoms in total. The normalized spacial score (nSPS) is 10.9. The lowest BCUT2D eigenvalue weighted by atomic mass is 10.1. The van der Waals surface area contributed by atoms with Crippen LogP contribution in [0, 0.1) is 0 Å². The minimum atomic E-state index is -0.209. The van der Waals surface area contributed by atoms with Crippen molar-refractivity contribution in [3.05, 3.63) is 99.1 Å². The van der Waals surface area contributed by atoms with Crippen molar-refractivity contribution in [3.63, 3.8) is 0 Å². The number of aromatic nitrogens is 3. The topological polar surface area (TPSA) is 68.9 Å². The third-order valence-electron chi connectivity index (χ3n) is 4.65. The number of rotatable bonds is 6. The summed E-state index contributed by atoms with van der Waals surface area (Å²) in [4.78, 5) is 28.4. The van der Waals surface area contributed by atoms with Crippen LogP contribution in [-0.4, -0.2) is 20.0 Å². The molecule has 0 aliphatic heterocycles. The van der Waals surface area contributed by atoms with E-state index in [0.717, 1.165) is 33.2 Å². The fourth-order valence-electron chi connectivity index (χ4n) is 3.13. The van der Waals surface area contributed by atoms with Crippen molar-refractivity contribution in [2.75, 3.05) is 0 Å². The average molecular weight is 451 g/mol. The molecular formula is C22H19BrN4O2. The van der Waals surface area contributed by atoms with E-state index in [0.29, 0.717) is 6.54 Å². The van der Waals surface area contributed by atoms with Crippen LogP contribution in [0.15, 0.2) is 82.5 Å². The van der Waals surface area contributed by atoms with E-state index in [4.69, 9.17) is 0 Å². The fraction of sp³-hybridized carbons (Fsp3) is 0.136. The van der Waals surface area contributed by atoms with Gasteiger partial charge in [0.2, 0.25) is 5.91 Å². The summed E-state index contributed by atoms with van der Waals surface area (Å²) in [6.07, 6.45) is 3.46. The molecule has 0 unspecified atom stereocenters. The molecule has 7 heteroatoms. The molecule has 0 saturated heterocycles. The van der Waals surface area contributed by atoms with Crippen LogP contribution in [0.3, 0.4) is 0 Å². The third-order valence-corrected chi connectivity index (χ3v) is 5.12. The number of carbonyl (C=O) groups is 1. The molecule has 0 saturated carbocycles. The van der Waals surface area contributed by atoms with Crippen LogP contribution < -0.4 is 10.9 Å². The van der Waals surface area contributed by atoms with Crippen molar-refractivity contribution in [2.45, 2.75) is 19.6 Å². The summed E-state index contributed by atoms with van der Waals surface area (Å²) in [5.41, 5.74) is 4.03. The monoisotopic (exact) mass is 450 g/mol. The Bertz CT molecular complexity index is 1210. The Labute approximate surface area is 175 Å². The second-order valence-corrected chi connectivity index (χ2v) is 7.68. The van der Waals surface area contributed by atoms with E-state index in [1.165, 1.54) is 10.6 Å². The molecule has 4 rings (SSSR count). The Morgan fingerprint density at radius 3 is 2.55 bits per heavy atom. The van der Waals surface area contributed by atoms with Crippen LogP contribution in [0.25, 0.3) is 11.0 Å². The standard InChI is InChI=1S/C22H19BrN4O2/c23-18-9-10-22(29)26(13-18)14-21(28)24-11-16-5-7-17(8-6-16)12-27-15-25-19-3-1-2-4-20(19)27/h1-10,13,15H,11-12,14H2,(H,24,28). The minimum absolute atomic E-state index is 0.00986. The number of fused-ring (bicyclic) bond motifs is 1. The van der Waals surface area contributed by atoms with Gasteiger partial charge < -0.3 is 14.5 Å². The Hall–Kier alpha value is -3.19. The quantitative estimate of drug-likeness (QED) is 0.489. The lowest BCUT2D eigenvalue weighted by Gasteiger charge is -2.09. The lowest BCUT2D eigenvalue weighted by molar-refractivity contribution is -0.121. The Morgan fingerprint density at radius 1 is 0.966 bits per heavy atom. The van der Waals surface area contributed by atoms with E-state index in [9.17, 15) is 9.59 Å². The summed E-state index contributed by atoms with van der Waals surface area (Å²) < 4.78 is 4.24. The van der Waals surface area contributed by atoms with Gasteiger partial charge in [-0.1, -0.05) is 36.4 Å². The smallest absolute Gasteiger partial charge is 0.251 e. The summed E-state index contributed by atoms with van der Waals surface area (Å²) in [5.74, 6) is -0.209. The van der Waals surface area contributed by atoms with Gasteiger partial charge in [-0.15, -0.1) is 0 Å². The molecule has 0 spiro atoms. The molecule has 146 valence electrons. The van der Waals surface area contributed by atoms with Crippen LogP contribution in [0.2, 0.25) is 0 Å². The Balaban J connectivity index is 1.35. The fourth-order valence-corrected chi connectivity index (χ4v) is 3.51. The van der Waals surface area contributed by atoms with E-state index < -0.39 is 0 Å². The number of nitrogens with zero attached hydrogens (tertiary/aromatic N) is 3. The molecule has 2 aromatic carbocycles. The maximum atomic E-state index is 12.2. The average Bonchev–Trinajstić information content (AvgIpc) is 3.13. The van der Waals surface area contributed by atoms with E-state index in [-0.39, 0.29) is 18.0 Å². The van der Waals surface area contributed by atoms with Gasteiger partial charge in [0, 0.05) is 29.8 Å². The van der Waals surface area contributed by atoms with Gasteiger partial charge in [-0.2, -0.15) is 0 Å². The first-order chi connectivity index (χ1) is 14.1. The first kappa shape index (κ1) is 19.1. The number of benzene rings is 2. The first-order valence-corrected chi connectivity index (χ1v) is 9.98. The molecule has 0 fully saturated rings. The predicted octanol–water partition coefficient (Wildman–Crippen LogP) is 3.33. The number of imidazole rings is 1. The van der Waals surface area contributed by atoms with Gasteiger partial charge >= 0.3 is 0 Å². The molecule has 1 N–H and O–H groups in total. The van der Waals surface area contributed by atoms with Crippen molar-refractivity contribution < 1.29 is 4.79 Å². The highest BCUT2D eigenvalue weighted by atomic mass is 79.9. The molecule has 4 aromatic rings. The number of hydrogen-bond acceptors (Lipinski definition) is 3. The lowest BCUT2D eigenvalue weighted by Crippen LogP contribution is -2.31. The number of amides is 1. The highest BCUT2D eigenvalue weighted by Crippen LogP contribution is 2.14. The van der Waals surface area contributed by atoms with Gasteiger partial charge in [0.1, 0.15) is 6.54 Å². The molecule has 0 bridgehead atoms. The van der Waals surface area contributed by atoms with Crippen LogP contribution in [-0.2, 0) is 24.4 Å². The summed E-state index contributed by atoms with van der Waals surface area (Å²) in [5, 5.41) is 2.85. The number of hydrogen-bond donors (Lipinski definition) is 1. The van der Waals surface area contributed by atoms with Crippen LogP contribution in [0.5, 0.6) is 0 Å². The zero-order valence-electron chi connectivity index (χ0n) is 15.6. The second-order valence-electron chi connectivity index (χ2n) is 6.77. The van der Waals surface area contributed by atoms with Gasteiger partial charge in [0.05, 0.1) is 17.4 Å². The zero-order valence-corrected chi connectivity index (χ0v) is 17.2. The van der Waals surface area contributed by atoms with Gasteiger partial charge in [-0.25, -0.2) is 4.98 Å². The molecule has 1 amide bonds. The SMILES string of the molecule is O=C(Cn1cc(Br)ccc1=O)NCc1ccc(Cn2cnc3ccccc32)cc1. The summed E-state index contributed by atoms with van der Waals surface area (Å²) in [6.45, 7) is 1.14. The number of carbonyl (C=O) groups excluding carboxylic acids is 1. The van der Waals surface area contributed by atoms with Crippen molar-refractivity contribution in [1.82, 2.24) is 19.4 Å². The highest BCUT2D eigenvalue weighted by molar-refractivity contribution is 9.10. The molecule has 0 atom stereocenters. The summed E-state index contributed by atoms with van der Waals surface area (Å²) >= 11 is 3.31. The Morgan fingerprint density at radius 2 is 1.72 bits per heavy atom. The van der Waals surface area contributed by atoms with Crippen LogP contribution in [0.1, 0.15) is 11.1 Å². The van der Waals surface area contributed by atoms with E-state index in [1.54, 1.807) is 12.3 Å². The van der Waals surface area contributed by atoms with E-state index in [1.807, 2.05) is 36.7 Å². The molecule has 2 aromatic heterocycles. The number of pyridine rings is 1. The van der Waals surface area contributed by atoms with Gasteiger partial charge in [0.15, 0.2) is 0 Å². The largest absolute Gasteiger partial charge is 0.350 e. The molecule has 29 heavy (non-hydrogen) atoms. The molecule has 0 aliphatic rings. The van der Waals surface area contributed by atoms with Crippen molar-refractivity contribution >= 4 is 32.9 Å². The number of nitrogens with one attached hydrogen (secondary N) is 1. The second kappa shape index (κ2) is 8.45. The number of para-hydroxylation sites is 2. The molecule has 0 radical (unpaired) electrons. The highest BCUT2D eigenvalue weighted by Gasteiger charge is 2.06. The van der Waals surface area contributed by atoms with Crippen molar-refractivity contribution in [3.8, 4) is 0 Å². The van der Waals surface area contributed by atoms with Gasteiger partial charge in [0.25, 0.3) is 5.56 Å². The van der Waals surface area contributed by atoms with Gasteiger partial charge in [-0.05, 0) is 45.3 Å². The Kier molecular flexibility index (Phi) is 5.57. The molecular weight excluding hydrogens is 432 g/mol. The van der Waals surface area contributed by atoms with E-state index in [2.05, 4.69) is 49.0 Å². The number of halogens is 1. The summed E-state index contributed by atoms with van der Waals surface area (Å²) in [7, 11) is 0. The molecule has 2 heterocycles. The van der Waals surface area contributed by atoms with Crippen LogP contribution >= 0.6 is 15.9 Å². The predicted molar refractivity (Wildman–Crippen MR) is 116 cm³/mol. The van der Waals surface area contributed by atoms with E-state index >= 15 is 0 Å². The minimum Gasteiger partial charge on any atom is -0.350 e. The first-order valence-electron chi connectivity index (χ1n) is 9.19. The van der Waals surface area contributed by atoms with Crippen molar-refractivity contribution in [1.29, 1.82) is 0 Å². The zero-order chi connectivity index (χ0) is 20.2. The molecule has 0 aliphatic carbocycles. The maximum Gasteiger partial charge on any atom is 0.251 e. The summed E-state index contributed by atoms with van der Waals surface area (Å²) in [6, 6.07) is 19.2. The van der Waals surface area contributed by atoms with Gasteiger partial charge in [-0.3, -0.25) is 9.59 Å². The van der Waals surface area contributed by atoms with Crippen molar-refractivity contribution in [2.24, 2.45) is 0 Å². The maximum absolute atomic E-state index is 12.2. The third kappa shape index (κ3) is 4.63. The van der Waals surface area contributed by atoms with Crippen LogP contribution in [0.4, 0.5) is 0 Å².